The van der Waals surface area contributed by atoms with Gasteiger partial charge in [-0.15, -0.1) is 0 Å². The van der Waals surface area contributed by atoms with E-state index in [9.17, 15) is 4.79 Å². The molecule has 0 saturated carbocycles. The van der Waals surface area contributed by atoms with Crippen LogP contribution in [0.3, 0.4) is 0 Å². The lowest BCUT2D eigenvalue weighted by atomic mass is 10.1. The molecule has 0 fully saturated rings. The third-order valence-corrected chi connectivity index (χ3v) is 4.34. The van der Waals surface area contributed by atoms with Gasteiger partial charge in [-0.3, -0.25) is 4.79 Å². The van der Waals surface area contributed by atoms with Crippen molar-refractivity contribution < 1.29 is 4.79 Å². The van der Waals surface area contributed by atoms with Crippen molar-refractivity contribution in [3.8, 4) is 0 Å². The van der Waals surface area contributed by atoms with E-state index in [2.05, 4.69) is 38.5 Å². The van der Waals surface area contributed by atoms with Gasteiger partial charge in [0.2, 0.25) is 0 Å². The molecule has 0 radical (unpaired) electrons. The summed E-state index contributed by atoms with van der Waals surface area (Å²) in [5, 5.41) is 0.684. The SMILES string of the molecule is CC(=O)C(Br)c1ccc(I)c(Cl)c1. The Bertz CT molecular complexity index is 340. The Labute approximate surface area is 104 Å². The molecule has 0 N–H and O–H groups in total. The van der Waals surface area contributed by atoms with Crippen molar-refractivity contribution in [1.82, 2.24) is 0 Å². The van der Waals surface area contributed by atoms with E-state index >= 15 is 0 Å². The molecule has 0 aliphatic carbocycles. The van der Waals surface area contributed by atoms with Crippen molar-refractivity contribution in [1.29, 1.82) is 0 Å². The number of benzene rings is 1. The molecular formula is C9H7BrClIO. The number of hydrogen-bond acceptors (Lipinski definition) is 1. The zero-order chi connectivity index (χ0) is 10.0. The van der Waals surface area contributed by atoms with Crippen molar-refractivity contribution in [2.45, 2.75) is 11.8 Å². The van der Waals surface area contributed by atoms with E-state index in [1.165, 1.54) is 0 Å². The summed E-state index contributed by atoms with van der Waals surface area (Å²) in [5.74, 6) is 0.0808. The van der Waals surface area contributed by atoms with Crippen LogP contribution in [0.2, 0.25) is 5.02 Å². The van der Waals surface area contributed by atoms with E-state index in [-0.39, 0.29) is 10.6 Å². The maximum absolute atomic E-state index is 11.0. The summed E-state index contributed by atoms with van der Waals surface area (Å²) in [6.45, 7) is 1.55. The van der Waals surface area contributed by atoms with Crippen LogP contribution in [0.5, 0.6) is 0 Å². The van der Waals surface area contributed by atoms with Gasteiger partial charge in [-0.25, -0.2) is 0 Å². The first-order valence-electron chi connectivity index (χ1n) is 3.62. The molecule has 0 spiro atoms. The third kappa shape index (κ3) is 2.92. The summed E-state index contributed by atoms with van der Waals surface area (Å²) in [6.07, 6.45) is 0. The second kappa shape index (κ2) is 4.75. The smallest absolute Gasteiger partial charge is 0.147 e. The van der Waals surface area contributed by atoms with Crippen molar-refractivity contribution in [2.75, 3.05) is 0 Å². The van der Waals surface area contributed by atoms with Crippen LogP contribution >= 0.6 is 50.1 Å². The van der Waals surface area contributed by atoms with Crippen LogP contribution in [0.15, 0.2) is 18.2 Å². The van der Waals surface area contributed by atoms with Crippen LogP contribution < -0.4 is 0 Å². The molecule has 1 nitrogen and oxygen atoms in total. The van der Waals surface area contributed by atoms with Gasteiger partial charge < -0.3 is 0 Å². The van der Waals surface area contributed by atoms with E-state index in [1.807, 2.05) is 18.2 Å². The number of halogens is 3. The van der Waals surface area contributed by atoms with Crippen LogP contribution in [0.25, 0.3) is 0 Å². The van der Waals surface area contributed by atoms with Crippen LogP contribution in [0, 0.1) is 3.57 Å². The van der Waals surface area contributed by atoms with Crippen molar-refractivity contribution >= 4 is 55.9 Å². The van der Waals surface area contributed by atoms with E-state index in [1.54, 1.807) is 6.92 Å². The number of alkyl halides is 1. The summed E-state index contributed by atoms with van der Waals surface area (Å²) >= 11 is 11.4. The fraction of sp³-hybridized carbons (Fsp3) is 0.222. The first-order chi connectivity index (χ1) is 6.02. The first-order valence-corrected chi connectivity index (χ1v) is 5.99. The van der Waals surface area contributed by atoms with Crippen molar-refractivity contribution in [3.05, 3.63) is 32.4 Å². The molecule has 1 aromatic rings. The summed E-state index contributed by atoms with van der Waals surface area (Å²) < 4.78 is 0.992. The molecule has 0 bridgehead atoms. The highest BCUT2D eigenvalue weighted by Crippen LogP contribution is 2.28. The maximum atomic E-state index is 11.0. The molecular weight excluding hydrogens is 366 g/mol. The lowest BCUT2D eigenvalue weighted by Gasteiger charge is -2.06. The van der Waals surface area contributed by atoms with Gasteiger partial charge in [-0.05, 0) is 47.2 Å². The third-order valence-electron chi connectivity index (χ3n) is 1.59. The van der Waals surface area contributed by atoms with Crippen LogP contribution in [-0.4, -0.2) is 5.78 Å². The normalized spacial score (nSPS) is 12.6. The minimum atomic E-state index is -0.248. The van der Waals surface area contributed by atoms with Crippen LogP contribution in [0.1, 0.15) is 17.3 Å². The average molecular weight is 373 g/mol. The number of rotatable bonds is 2. The molecule has 0 aliphatic rings. The molecule has 0 aromatic heterocycles. The Balaban J connectivity index is 3.03. The highest BCUT2D eigenvalue weighted by Gasteiger charge is 2.13. The Kier molecular flexibility index (Phi) is 4.19. The molecule has 0 aliphatic heterocycles. The molecule has 1 rings (SSSR count). The summed E-state index contributed by atoms with van der Waals surface area (Å²) in [4.78, 5) is 10.8. The highest BCUT2D eigenvalue weighted by molar-refractivity contribution is 14.1. The number of carbonyl (C=O) groups is 1. The number of Topliss-reactive ketones (excluding diaryl/α,β-unsaturated/α-hetero) is 1. The highest BCUT2D eigenvalue weighted by atomic mass is 127. The molecule has 4 heteroatoms. The largest absolute Gasteiger partial charge is 0.298 e. The zero-order valence-corrected chi connectivity index (χ0v) is 11.4. The predicted octanol–water partition coefficient (Wildman–Crippen LogP) is 3.97. The summed E-state index contributed by atoms with van der Waals surface area (Å²) in [7, 11) is 0. The van der Waals surface area contributed by atoms with Gasteiger partial charge in [0.25, 0.3) is 0 Å². The van der Waals surface area contributed by atoms with Gasteiger partial charge in [0, 0.05) is 3.57 Å². The zero-order valence-electron chi connectivity index (χ0n) is 6.85. The molecule has 0 saturated heterocycles. The van der Waals surface area contributed by atoms with Crippen LogP contribution in [-0.2, 0) is 4.79 Å². The first kappa shape index (κ1) is 11.5. The quantitative estimate of drug-likeness (QED) is 0.566. The monoisotopic (exact) mass is 372 g/mol. The second-order valence-corrected chi connectivity index (χ2v) is 5.13. The molecule has 1 aromatic carbocycles. The van der Waals surface area contributed by atoms with E-state index in [0.717, 1.165) is 9.13 Å². The molecule has 1 atom stereocenters. The van der Waals surface area contributed by atoms with Gasteiger partial charge in [0.05, 0.1) is 9.85 Å². The van der Waals surface area contributed by atoms with E-state index in [4.69, 9.17) is 11.6 Å². The molecule has 1 unspecified atom stereocenters. The summed E-state index contributed by atoms with van der Waals surface area (Å²) in [6, 6.07) is 5.61. The van der Waals surface area contributed by atoms with E-state index < -0.39 is 0 Å². The van der Waals surface area contributed by atoms with Gasteiger partial charge in [-0.2, -0.15) is 0 Å². The predicted molar refractivity (Wildman–Crippen MR) is 66.5 cm³/mol. The fourth-order valence-electron chi connectivity index (χ4n) is 0.905. The van der Waals surface area contributed by atoms with Gasteiger partial charge in [0.1, 0.15) is 5.78 Å². The molecule has 13 heavy (non-hydrogen) atoms. The Morgan fingerprint density at radius 2 is 2.23 bits per heavy atom. The van der Waals surface area contributed by atoms with Gasteiger partial charge in [-0.1, -0.05) is 33.6 Å². The maximum Gasteiger partial charge on any atom is 0.147 e. The topological polar surface area (TPSA) is 17.1 Å². The standard InChI is InChI=1S/C9H7BrClIO/c1-5(13)9(10)6-2-3-8(12)7(11)4-6/h2-4,9H,1H3. The lowest BCUT2D eigenvalue weighted by Crippen LogP contribution is -2.00. The average Bonchev–Trinajstić information content (AvgIpc) is 2.08. The fourth-order valence-corrected chi connectivity index (χ4v) is 1.71. The van der Waals surface area contributed by atoms with E-state index in [0.29, 0.717) is 5.02 Å². The van der Waals surface area contributed by atoms with Crippen LogP contribution in [0.4, 0.5) is 0 Å². The Morgan fingerprint density at radius 1 is 1.62 bits per heavy atom. The Hall–Kier alpha value is 0.390. The van der Waals surface area contributed by atoms with Gasteiger partial charge in [0.15, 0.2) is 0 Å². The number of ketones is 1. The number of carbonyl (C=O) groups excluding carboxylic acids is 1. The van der Waals surface area contributed by atoms with Crippen molar-refractivity contribution in [2.24, 2.45) is 0 Å². The lowest BCUT2D eigenvalue weighted by molar-refractivity contribution is -0.116. The molecule has 70 valence electrons. The second-order valence-electron chi connectivity index (χ2n) is 2.65. The Morgan fingerprint density at radius 3 is 2.69 bits per heavy atom. The minimum absolute atomic E-state index is 0.0808. The molecule has 0 amide bonds. The minimum Gasteiger partial charge on any atom is -0.298 e. The van der Waals surface area contributed by atoms with Gasteiger partial charge >= 0.3 is 0 Å². The molecule has 0 heterocycles. The number of hydrogen-bond donors (Lipinski definition) is 0. The van der Waals surface area contributed by atoms with Crippen molar-refractivity contribution in [3.63, 3.8) is 0 Å². The summed E-state index contributed by atoms with van der Waals surface area (Å²) in [5.41, 5.74) is 0.901.